The topological polar surface area (TPSA) is 41.5 Å². The van der Waals surface area contributed by atoms with Crippen LogP contribution >= 0.6 is 0 Å². The Morgan fingerprint density at radius 2 is 2.36 bits per heavy atom. The summed E-state index contributed by atoms with van der Waals surface area (Å²) in [5, 5.41) is 12.4. The molecule has 0 aromatic rings. The largest absolute Gasteiger partial charge is 0.392 e. The average Bonchev–Trinajstić information content (AvgIpc) is 2.02. The van der Waals surface area contributed by atoms with E-state index in [9.17, 15) is 5.11 Å². The normalized spacial score (nSPS) is 30.0. The van der Waals surface area contributed by atoms with Crippen molar-refractivity contribution in [3.05, 3.63) is 0 Å². The van der Waals surface area contributed by atoms with Crippen molar-refractivity contribution < 1.29 is 9.84 Å². The molecule has 2 atom stereocenters. The number of rotatable bonds is 5. The van der Waals surface area contributed by atoms with Crippen LogP contribution in [0.15, 0.2) is 0 Å². The van der Waals surface area contributed by atoms with Gasteiger partial charge in [-0.05, 0) is 25.8 Å². The lowest BCUT2D eigenvalue weighted by molar-refractivity contribution is 0.0490. The molecule has 0 aromatic heterocycles. The van der Waals surface area contributed by atoms with E-state index in [0.29, 0.717) is 6.04 Å². The molecule has 0 unspecified atom stereocenters. The fourth-order valence-electron chi connectivity index (χ4n) is 1.22. The molecule has 0 aromatic carbocycles. The summed E-state index contributed by atoms with van der Waals surface area (Å²) < 4.78 is 4.90. The third kappa shape index (κ3) is 2.77. The van der Waals surface area contributed by atoms with Crippen molar-refractivity contribution in [2.75, 3.05) is 20.3 Å². The first-order valence-electron chi connectivity index (χ1n) is 4.25. The van der Waals surface area contributed by atoms with Gasteiger partial charge in [-0.2, -0.15) is 0 Å². The quantitative estimate of drug-likeness (QED) is 0.560. The lowest BCUT2D eigenvalue weighted by atomic mass is 9.89. The Hall–Kier alpha value is -0.120. The van der Waals surface area contributed by atoms with E-state index in [0.717, 1.165) is 32.4 Å². The maximum Gasteiger partial charge on any atom is 0.0693 e. The predicted octanol–water partition coefficient (Wildman–Crippen LogP) is 0.136. The summed E-state index contributed by atoms with van der Waals surface area (Å²) in [6.45, 7) is 1.76. The molecule has 66 valence electrons. The molecule has 0 heterocycles. The average molecular weight is 159 g/mol. The number of hydrogen-bond donors (Lipinski definition) is 2. The molecule has 2 N–H and O–H groups in total. The van der Waals surface area contributed by atoms with Gasteiger partial charge in [0.15, 0.2) is 0 Å². The minimum atomic E-state index is -0.0995. The van der Waals surface area contributed by atoms with Crippen molar-refractivity contribution in [3.63, 3.8) is 0 Å². The molecule has 0 bridgehead atoms. The van der Waals surface area contributed by atoms with Gasteiger partial charge in [0.2, 0.25) is 0 Å². The van der Waals surface area contributed by atoms with Gasteiger partial charge in [-0.1, -0.05) is 0 Å². The molecule has 3 nitrogen and oxygen atoms in total. The Balaban J connectivity index is 1.87. The molecule has 0 saturated heterocycles. The SMILES string of the molecule is COCCCN[C@@H]1CC[C@H]1O. The van der Waals surface area contributed by atoms with Gasteiger partial charge in [-0.3, -0.25) is 0 Å². The van der Waals surface area contributed by atoms with E-state index in [1.807, 2.05) is 0 Å². The highest BCUT2D eigenvalue weighted by molar-refractivity contribution is 4.85. The minimum Gasteiger partial charge on any atom is -0.392 e. The highest BCUT2D eigenvalue weighted by Crippen LogP contribution is 2.18. The molecule has 1 rings (SSSR count). The van der Waals surface area contributed by atoms with Crippen LogP contribution in [0.3, 0.4) is 0 Å². The smallest absolute Gasteiger partial charge is 0.0693 e. The second-order valence-electron chi connectivity index (χ2n) is 3.05. The monoisotopic (exact) mass is 159 g/mol. The summed E-state index contributed by atoms with van der Waals surface area (Å²) in [6.07, 6.45) is 3.01. The summed E-state index contributed by atoms with van der Waals surface area (Å²) >= 11 is 0. The van der Waals surface area contributed by atoms with Gasteiger partial charge in [-0.25, -0.2) is 0 Å². The number of hydrogen-bond acceptors (Lipinski definition) is 3. The Bertz CT molecular complexity index is 108. The lowest BCUT2D eigenvalue weighted by Crippen LogP contribution is -2.48. The molecule has 0 spiro atoms. The second kappa shape index (κ2) is 4.70. The molecular weight excluding hydrogens is 142 g/mol. The van der Waals surface area contributed by atoms with Crippen LogP contribution in [0.2, 0.25) is 0 Å². The minimum absolute atomic E-state index is 0.0995. The van der Waals surface area contributed by atoms with E-state index in [-0.39, 0.29) is 6.10 Å². The van der Waals surface area contributed by atoms with Crippen LogP contribution in [0, 0.1) is 0 Å². The predicted molar refractivity (Wildman–Crippen MR) is 43.5 cm³/mol. The summed E-state index contributed by atoms with van der Waals surface area (Å²) in [5.41, 5.74) is 0. The van der Waals surface area contributed by atoms with Gasteiger partial charge in [-0.15, -0.1) is 0 Å². The summed E-state index contributed by atoms with van der Waals surface area (Å²) in [6, 6.07) is 0.354. The zero-order valence-corrected chi connectivity index (χ0v) is 7.05. The molecule has 1 fully saturated rings. The van der Waals surface area contributed by atoms with E-state index in [4.69, 9.17) is 4.74 Å². The molecule has 11 heavy (non-hydrogen) atoms. The third-order valence-corrected chi connectivity index (χ3v) is 2.17. The van der Waals surface area contributed by atoms with Crippen LogP contribution < -0.4 is 5.32 Å². The second-order valence-corrected chi connectivity index (χ2v) is 3.05. The van der Waals surface area contributed by atoms with Crippen LogP contribution in [-0.2, 0) is 4.74 Å². The van der Waals surface area contributed by atoms with Crippen LogP contribution in [0.5, 0.6) is 0 Å². The van der Waals surface area contributed by atoms with Crippen molar-refractivity contribution >= 4 is 0 Å². The van der Waals surface area contributed by atoms with Gasteiger partial charge >= 0.3 is 0 Å². The van der Waals surface area contributed by atoms with E-state index in [1.165, 1.54) is 0 Å². The summed E-state index contributed by atoms with van der Waals surface area (Å²) in [5.74, 6) is 0. The zero-order chi connectivity index (χ0) is 8.10. The fourth-order valence-corrected chi connectivity index (χ4v) is 1.22. The number of methoxy groups -OCH3 is 1. The molecule has 0 radical (unpaired) electrons. The Morgan fingerprint density at radius 1 is 1.55 bits per heavy atom. The van der Waals surface area contributed by atoms with Gasteiger partial charge in [0.25, 0.3) is 0 Å². The first-order valence-corrected chi connectivity index (χ1v) is 4.25. The van der Waals surface area contributed by atoms with E-state index in [1.54, 1.807) is 7.11 Å². The summed E-state index contributed by atoms with van der Waals surface area (Å²) in [4.78, 5) is 0. The number of ether oxygens (including phenoxy) is 1. The van der Waals surface area contributed by atoms with Gasteiger partial charge in [0.05, 0.1) is 6.10 Å². The van der Waals surface area contributed by atoms with Crippen LogP contribution in [-0.4, -0.2) is 37.5 Å². The fraction of sp³-hybridized carbons (Fsp3) is 1.00. The molecule has 1 saturated carbocycles. The van der Waals surface area contributed by atoms with Gasteiger partial charge in [0, 0.05) is 19.8 Å². The van der Waals surface area contributed by atoms with Gasteiger partial charge < -0.3 is 15.2 Å². The molecule has 0 amide bonds. The number of nitrogens with one attached hydrogen (secondary N) is 1. The highest BCUT2D eigenvalue weighted by atomic mass is 16.5. The lowest BCUT2D eigenvalue weighted by Gasteiger charge is -2.33. The standard InChI is InChI=1S/C8H17NO2/c1-11-6-2-5-9-7-3-4-8(7)10/h7-10H,2-6H2,1H3/t7-,8-/m1/s1. The van der Waals surface area contributed by atoms with Crippen LogP contribution in [0.1, 0.15) is 19.3 Å². The third-order valence-electron chi connectivity index (χ3n) is 2.17. The van der Waals surface area contributed by atoms with Crippen molar-refractivity contribution in [1.29, 1.82) is 0 Å². The van der Waals surface area contributed by atoms with Crippen LogP contribution in [0.4, 0.5) is 0 Å². The molecule has 1 aliphatic rings. The Labute approximate surface area is 67.7 Å². The molecular formula is C8H17NO2. The maximum atomic E-state index is 9.17. The van der Waals surface area contributed by atoms with Crippen molar-refractivity contribution in [2.45, 2.75) is 31.4 Å². The first kappa shape index (κ1) is 8.97. The number of aliphatic hydroxyl groups is 1. The van der Waals surface area contributed by atoms with E-state index < -0.39 is 0 Å². The zero-order valence-electron chi connectivity index (χ0n) is 7.05. The number of aliphatic hydroxyl groups excluding tert-OH is 1. The Kier molecular flexibility index (Phi) is 3.83. The van der Waals surface area contributed by atoms with Crippen molar-refractivity contribution in [2.24, 2.45) is 0 Å². The van der Waals surface area contributed by atoms with E-state index >= 15 is 0 Å². The molecule has 0 aliphatic heterocycles. The van der Waals surface area contributed by atoms with E-state index in [2.05, 4.69) is 5.32 Å². The van der Waals surface area contributed by atoms with Crippen molar-refractivity contribution in [1.82, 2.24) is 5.32 Å². The molecule has 3 heteroatoms. The van der Waals surface area contributed by atoms with Crippen molar-refractivity contribution in [3.8, 4) is 0 Å². The molecule has 1 aliphatic carbocycles. The Morgan fingerprint density at radius 3 is 2.82 bits per heavy atom. The van der Waals surface area contributed by atoms with Gasteiger partial charge in [0.1, 0.15) is 0 Å². The highest BCUT2D eigenvalue weighted by Gasteiger charge is 2.27. The van der Waals surface area contributed by atoms with Crippen LogP contribution in [0.25, 0.3) is 0 Å². The first-order chi connectivity index (χ1) is 5.34. The maximum absolute atomic E-state index is 9.17. The summed E-state index contributed by atoms with van der Waals surface area (Å²) in [7, 11) is 1.71.